The number of rotatable bonds is 4. The second-order valence-corrected chi connectivity index (χ2v) is 59.4. The third-order valence-electron chi connectivity index (χ3n) is 4.86. The van der Waals surface area contributed by atoms with E-state index < -0.39 is 72.3 Å². The molecule has 2 N–H and O–H groups in total. The van der Waals surface area contributed by atoms with Crippen molar-refractivity contribution in [3.05, 3.63) is 105 Å². The quantitative estimate of drug-likeness (QED) is 0.0409. The van der Waals surface area contributed by atoms with Gasteiger partial charge in [-0.2, -0.15) is 6.92 Å². The Morgan fingerprint density at radius 1 is 0.660 bits per heavy atom. The van der Waals surface area contributed by atoms with Crippen molar-refractivity contribution in [3.8, 4) is 0 Å². The van der Waals surface area contributed by atoms with Gasteiger partial charge in [0.2, 0.25) is 0 Å². The van der Waals surface area contributed by atoms with E-state index in [1.807, 2.05) is 19.6 Å². The molecule has 0 fully saturated rings. The van der Waals surface area contributed by atoms with Gasteiger partial charge in [0.15, 0.2) is 0 Å². The second kappa shape index (κ2) is 27.4. The molecule has 0 bridgehead atoms. The van der Waals surface area contributed by atoms with E-state index in [1.54, 1.807) is 26.6 Å². The van der Waals surface area contributed by atoms with Gasteiger partial charge in [0.25, 0.3) is 11.4 Å². The van der Waals surface area contributed by atoms with Gasteiger partial charge in [-0.15, -0.1) is 0 Å². The number of hydrogen-bond donors (Lipinski definition) is 1. The Morgan fingerprint density at radius 2 is 0.880 bits per heavy atom. The molecule has 20 heteroatoms. The number of hydrogen-bond acceptors (Lipinski definition) is 5. The molecule has 0 aliphatic rings. The van der Waals surface area contributed by atoms with Crippen LogP contribution in [0.5, 0.6) is 0 Å². The molecule has 3 rings (SSSR count). The van der Waals surface area contributed by atoms with Crippen LogP contribution in [0.1, 0.15) is 28.2 Å². The zero-order valence-electron chi connectivity index (χ0n) is 28.2. The predicted octanol–water partition coefficient (Wildman–Crippen LogP) is 12.3. The van der Waals surface area contributed by atoms with Crippen LogP contribution < -0.4 is 16.1 Å². The Hall–Kier alpha value is -0.222. The summed E-state index contributed by atoms with van der Waals surface area (Å²) in [7, 11) is -4.10. The molecule has 3 aromatic carbocycles. The Kier molecular flexibility index (Phi) is 30.9. The summed E-state index contributed by atoms with van der Waals surface area (Å²) in [6, 6.07) is 5.79. The van der Waals surface area contributed by atoms with Crippen molar-refractivity contribution in [1.82, 2.24) is 0 Å². The van der Waals surface area contributed by atoms with E-state index >= 15 is 0 Å². The molecule has 0 spiro atoms. The summed E-state index contributed by atoms with van der Waals surface area (Å²) in [6.45, 7) is 20.3. The first-order chi connectivity index (χ1) is 22.1. The molecule has 0 amide bonds. The van der Waals surface area contributed by atoms with E-state index in [2.05, 4.69) is 103 Å². The van der Waals surface area contributed by atoms with Crippen LogP contribution in [-0.4, -0.2) is 29.9 Å². The van der Waals surface area contributed by atoms with Crippen molar-refractivity contribution in [2.75, 3.05) is 5.73 Å². The maximum absolute atomic E-state index is 13.5. The number of nitrogen functional groups attached to an aromatic ring is 1. The van der Waals surface area contributed by atoms with Crippen LogP contribution in [0, 0.1) is 62.1 Å². The molecule has 0 aliphatic carbocycles. The van der Waals surface area contributed by atoms with E-state index in [-0.39, 0.29) is 28.4 Å². The third kappa shape index (κ3) is 25.7. The van der Waals surface area contributed by atoms with Gasteiger partial charge in [0.1, 0.15) is 34.9 Å². The van der Waals surface area contributed by atoms with Crippen LogP contribution in [0.2, 0.25) is 39.3 Å². The van der Waals surface area contributed by atoms with Crippen LogP contribution in [-0.2, 0) is 4.92 Å². The average Bonchev–Trinajstić information content (AvgIpc) is 2.86. The molecule has 0 heterocycles. The van der Waals surface area contributed by atoms with Crippen molar-refractivity contribution in [2.45, 2.75) is 71.4 Å². The molecule has 0 aliphatic heterocycles. The molecule has 3 aromatic rings. The molecular formula is C30H43F6I4N3O4Si2V-. The van der Waals surface area contributed by atoms with E-state index in [0.717, 1.165) is 16.1 Å². The van der Waals surface area contributed by atoms with Crippen LogP contribution in [0.3, 0.4) is 0 Å². The summed E-state index contributed by atoms with van der Waals surface area (Å²) in [5.74, 6) is -4.57. The standard InChI is InChI=1S/C9H11F2NO2Si.C9H13F2NSi.C6H3F2NO2.C3H7I.C2H5.CH4.3HI.V/c1-15(2,3)9-7(10)4-6(12(13)14)5-8(9)11;1-13(2,3)9-7(10)4-6(12)5-8(9)11;7-4-1-5(8)3-6(2-4)9(10)11;1-3(2)4;1-2;;;;;/h4-5H,1-3H3;4-5H,12H2,1-3H3;1-3H;3H,1-2H3;1H2,2H3;1H4;3*1H;/q;;;;-1;;;;;+3/p-3. The summed E-state index contributed by atoms with van der Waals surface area (Å²) in [5, 5.41) is 20.6. The van der Waals surface area contributed by atoms with Crippen LogP contribution in [0.25, 0.3) is 0 Å². The van der Waals surface area contributed by atoms with Gasteiger partial charge in [-0.25, -0.2) is 26.3 Å². The number of anilines is 1. The fraction of sp³-hybridized carbons (Fsp3) is 0.367. The second-order valence-electron chi connectivity index (χ2n) is 11.5. The van der Waals surface area contributed by atoms with Crippen LogP contribution in [0.4, 0.5) is 43.4 Å². The third-order valence-corrected chi connectivity index (χ3v) is 8.82. The Labute approximate surface area is 344 Å². The molecule has 0 atom stereocenters. The summed E-state index contributed by atoms with van der Waals surface area (Å²) >= 11 is 9.73. The van der Waals surface area contributed by atoms with Crippen LogP contribution in [0.15, 0.2) is 42.5 Å². The molecule has 0 aromatic heterocycles. The maximum atomic E-state index is 13.5. The molecule has 0 unspecified atom stereocenters. The first-order valence-electron chi connectivity index (χ1n) is 13.7. The number of nitrogens with zero attached hydrogens (tertiary/aromatic N) is 2. The van der Waals surface area contributed by atoms with E-state index in [9.17, 15) is 46.6 Å². The Morgan fingerprint density at radius 3 is 1.10 bits per heavy atom. The SMILES string of the molecule is C.CC(C)I.C[Si](C)(C)c1c(F)cc(N)cc1F.C[Si](C)(C)c1c(F)cc([N+](=O)[O-])cc1F.O=[N+]([O-])c1cc(F)cc(F)c1.[CH2-]C.[I][V]([I])[I]. The van der Waals surface area contributed by atoms with E-state index in [4.69, 9.17) is 5.73 Å². The van der Waals surface area contributed by atoms with Gasteiger partial charge in [0.05, 0.1) is 50.3 Å². The topological polar surface area (TPSA) is 112 Å². The first kappa shape index (κ1) is 56.5. The number of benzene rings is 3. The molecule has 50 heavy (non-hydrogen) atoms. The van der Waals surface area contributed by atoms with Gasteiger partial charge < -0.3 is 12.7 Å². The molecule has 7 nitrogen and oxygen atoms in total. The first-order valence-corrected chi connectivity index (χ1v) is 35.5. The number of nitro benzene ring substituents is 2. The molecule has 286 valence electrons. The molecular weight excluding hydrogens is 1200 g/mol. The van der Waals surface area contributed by atoms with Gasteiger partial charge >= 0.3 is 64.9 Å². The molecule has 0 saturated carbocycles. The zero-order chi connectivity index (χ0) is 39.6. The number of nitrogens with two attached hydrogens (primary N) is 1. The number of nitro groups is 2. The van der Waals surface area contributed by atoms with Crippen LogP contribution >= 0.6 is 82.5 Å². The van der Waals surface area contributed by atoms with Crippen molar-refractivity contribution in [2.24, 2.45) is 0 Å². The summed E-state index contributed by atoms with van der Waals surface area (Å²) < 4.78 is 78.9. The summed E-state index contributed by atoms with van der Waals surface area (Å²) in [5.41, 5.74) is 4.31. The van der Waals surface area contributed by atoms with Crippen molar-refractivity contribution < 1.29 is 41.1 Å². The van der Waals surface area contributed by atoms with E-state index in [0.29, 0.717) is 18.2 Å². The Bertz CT molecular complexity index is 1430. The normalized spacial score (nSPS) is 10.2. The van der Waals surface area contributed by atoms with E-state index in [1.165, 1.54) is 12.1 Å². The fourth-order valence-electron chi connectivity index (χ4n) is 3.34. The van der Waals surface area contributed by atoms with Gasteiger partial charge in [-0.1, -0.05) is 83.1 Å². The Balaban J connectivity index is -0.000000279. The zero-order valence-corrected chi connectivity index (χ0v) is 40.2. The molecule has 0 saturated heterocycles. The predicted molar refractivity (Wildman–Crippen MR) is 232 cm³/mol. The van der Waals surface area contributed by atoms with Crippen molar-refractivity contribution in [3.63, 3.8) is 0 Å². The number of alkyl halides is 1. The van der Waals surface area contributed by atoms with Crippen molar-refractivity contribution >= 4 is 126 Å². The number of non-ortho nitro benzene ring substituents is 2. The number of halogens is 10. The van der Waals surface area contributed by atoms with Crippen molar-refractivity contribution in [1.29, 1.82) is 0 Å². The minimum absolute atomic E-state index is 0. The average molecular weight is 1240 g/mol. The summed E-state index contributed by atoms with van der Waals surface area (Å²) in [4.78, 5) is 18.4. The monoisotopic (exact) mass is 1240 g/mol. The van der Waals surface area contributed by atoms with Gasteiger partial charge in [-0.05, 0) is 12.1 Å². The fourth-order valence-corrected chi connectivity index (χ4v) is 6.49. The minimum atomic E-state index is -2.15. The summed E-state index contributed by atoms with van der Waals surface area (Å²) in [6.07, 6.45) is 0. The van der Waals surface area contributed by atoms with Gasteiger partial charge in [-0.3, -0.25) is 20.2 Å². The molecule has 0 radical (unpaired) electrons. The van der Waals surface area contributed by atoms with Gasteiger partial charge in [0, 0.05) is 26.1 Å².